The highest BCUT2D eigenvalue weighted by Crippen LogP contribution is 2.33. The topological polar surface area (TPSA) is 46.6 Å². The minimum absolute atomic E-state index is 0.116. The molecule has 96 valence electrons. The van der Waals surface area contributed by atoms with E-state index in [4.69, 9.17) is 11.6 Å². The van der Waals surface area contributed by atoms with Gasteiger partial charge in [0, 0.05) is 17.4 Å². The van der Waals surface area contributed by atoms with Gasteiger partial charge in [-0.1, -0.05) is 27.5 Å². The van der Waals surface area contributed by atoms with Crippen molar-refractivity contribution in [1.29, 1.82) is 0 Å². The van der Waals surface area contributed by atoms with Crippen LogP contribution in [-0.4, -0.2) is 25.5 Å². The molecule has 2 rings (SSSR count). The van der Waals surface area contributed by atoms with E-state index < -0.39 is 5.92 Å². The lowest BCUT2D eigenvalue weighted by molar-refractivity contribution is -0.145. The van der Waals surface area contributed by atoms with Crippen LogP contribution < -0.4 is 4.90 Å². The Morgan fingerprint density at radius 2 is 2.28 bits per heavy atom. The molecular formula is C12H11BrClNO3. The molecule has 0 aromatic heterocycles. The van der Waals surface area contributed by atoms with Crippen LogP contribution in [0, 0.1) is 5.92 Å². The Hall–Kier alpha value is -1.07. The van der Waals surface area contributed by atoms with Crippen molar-refractivity contribution in [2.24, 2.45) is 5.92 Å². The summed E-state index contributed by atoms with van der Waals surface area (Å²) in [5.74, 6) is -0.893. The third kappa shape index (κ3) is 2.52. The van der Waals surface area contributed by atoms with Crippen LogP contribution in [0.5, 0.6) is 0 Å². The molecule has 1 aromatic rings. The Labute approximate surface area is 118 Å². The van der Waals surface area contributed by atoms with Crippen molar-refractivity contribution in [2.75, 3.05) is 18.6 Å². The largest absolute Gasteiger partial charge is 0.469 e. The number of anilines is 1. The first kappa shape index (κ1) is 13.4. The first-order chi connectivity index (χ1) is 8.52. The van der Waals surface area contributed by atoms with E-state index in [2.05, 4.69) is 20.7 Å². The van der Waals surface area contributed by atoms with E-state index in [1.165, 1.54) is 12.0 Å². The van der Waals surface area contributed by atoms with Gasteiger partial charge in [-0.15, -0.1) is 0 Å². The normalized spacial score (nSPS) is 19.2. The van der Waals surface area contributed by atoms with Gasteiger partial charge in [0.2, 0.25) is 5.91 Å². The van der Waals surface area contributed by atoms with Crippen molar-refractivity contribution in [1.82, 2.24) is 0 Å². The summed E-state index contributed by atoms with van der Waals surface area (Å²) in [5.41, 5.74) is 0.622. The molecular weight excluding hydrogens is 321 g/mol. The Kier molecular flexibility index (Phi) is 3.92. The van der Waals surface area contributed by atoms with Crippen LogP contribution >= 0.6 is 27.5 Å². The second kappa shape index (κ2) is 5.28. The van der Waals surface area contributed by atoms with Crippen LogP contribution in [0.4, 0.5) is 5.69 Å². The number of methoxy groups -OCH3 is 1. The lowest BCUT2D eigenvalue weighted by Crippen LogP contribution is -2.26. The molecule has 0 aliphatic carbocycles. The average Bonchev–Trinajstić information content (AvgIpc) is 2.70. The predicted octanol–water partition coefficient (Wildman–Crippen LogP) is 2.63. The fourth-order valence-corrected chi connectivity index (χ4v) is 2.74. The minimum Gasteiger partial charge on any atom is -0.469 e. The van der Waals surface area contributed by atoms with Crippen LogP contribution in [0.15, 0.2) is 22.7 Å². The zero-order chi connectivity index (χ0) is 13.3. The number of amides is 1. The highest BCUT2D eigenvalue weighted by atomic mass is 79.9. The summed E-state index contributed by atoms with van der Waals surface area (Å²) in [4.78, 5) is 24.8. The van der Waals surface area contributed by atoms with Crippen LogP contribution in [0.25, 0.3) is 0 Å². The number of esters is 1. The molecule has 0 saturated carbocycles. The van der Waals surface area contributed by atoms with Gasteiger partial charge in [-0.3, -0.25) is 9.59 Å². The van der Waals surface area contributed by atoms with Gasteiger partial charge in [0.25, 0.3) is 0 Å². The van der Waals surface area contributed by atoms with Gasteiger partial charge >= 0.3 is 5.97 Å². The second-order valence-corrected chi connectivity index (χ2v) is 5.35. The first-order valence-corrected chi connectivity index (χ1v) is 6.53. The second-order valence-electron chi connectivity index (χ2n) is 4.02. The Morgan fingerprint density at radius 3 is 2.89 bits per heavy atom. The fourth-order valence-electron chi connectivity index (χ4n) is 1.97. The molecule has 1 aromatic carbocycles. The van der Waals surface area contributed by atoms with Gasteiger partial charge in [-0.05, 0) is 18.2 Å². The van der Waals surface area contributed by atoms with Crippen LogP contribution in [0.3, 0.4) is 0 Å². The molecule has 1 fully saturated rings. The number of carbonyl (C=O) groups is 2. The molecule has 0 N–H and O–H groups in total. The van der Waals surface area contributed by atoms with Gasteiger partial charge in [0.15, 0.2) is 0 Å². The lowest BCUT2D eigenvalue weighted by atomic mass is 10.1. The van der Waals surface area contributed by atoms with E-state index >= 15 is 0 Å². The monoisotopic (exact) mass is 331 g/mol. The Balaban J connectivity index is 2.24. The highest BCUT2D eigenvalue weighted by molar-refractivity contribution is 9.10. The number of carbonyl (C=O) groups excluding carboxylic acids is 2. The average molecular weight is 333 g/mol. The number of ether oxygens (including phenoxy) is 1. The molecule has 1 amide bonds. The number of rotatable bonds is 2. The first-order valence-electron chi connectivity index (χ1n) is 5.36. The zero-order valence-corrected chi connectivity index (χ0v) is 12.0. The van der Waals surface area contributed by atoms with Crippen molar-refractivity contribution in [3.05, 3.63) is 27.7 Å². The van der Waals surface area contributed by atoms with Crippen molar-refractivity contribution in [3.8, 4) is 0 Å². The van der Waals surface area contributed by atoms with E-state index in [1.807, 2.05) is 0 Å². The predicted molar refractivity (Wildman–Crippen MR) is 71.6 cm³/mol. The zero-order valence-electron chi connectivity index (χ0n) is 9.65. The molecule has 18 heavy (non-hydrogen) atoms. The molecule has 1 unspecified atom stereocenters. The number of nitrogens with zero attached hydrogens (tertiary/aromatic N) is 1. The molecule has 1 aliphatic heterocycles. The van der Waals surface area contributed by atoms with E-state index in [9.17, 15) is 9.59 Å². The van der Waals surface area contributed by atoms with Gasteiger partial charge in [-0.25, -0.2) is 0 Å². The lowest BCUT2D eigenvalue weighted by Gasteiger charge is -2.18. The molecule has 4 nitrogen and oxygen atoms in total. The molecule has 1 heterocycles. The quantitative estimate of drug-likeness (QED) is 0.782. The van der Waals surface area contributed by atoms with E-state index in [-0.39, 0.29) is 18.3 Å². The molecule has 0 bridgehead atoms. The highest BCUT2D eigenvalue weighted by Gasteiger charge is 2.36. The number of halogens is 2. The van der Waals surface area contributed by atoms with Crippen molar-refractivity contribution in [2.45, 2.75) is 6.42 Å². The summed E-state index contributed by atoms with van der Waals surface area (Å²) in [7, 11) is 1.32. The van der Waals surface area contributed by atoms with Gasteiger partial charge in [-0.2, -0.15) is 0 Å². The smallest absolute Gasteiger partial charge is 0.311 e. The van der Waals surface area contributed by atoms with E-state index in [0.29, 0.717) is 17.3 Å². The van der Waals surface area contributed by atoms with E-state index in [1.54, 1.807) is 18.2 Å². The number of benzene rings is 1. The maximum atomic E-state index is 11.9. The molecule has 1 aliphatic rings. The summed E-state index contributed by atoms with van der Waals surface area (Å²) < 4.78 is 5.50. The fraction of sp³-hybridized carbons (Fsp3) is 0.333. The minimum atomic E-state index is -0.415. The summed E-state index contributed by atoms with van der Waals surface area (Å²) in [6.45, 7) is 0.312. The van der Waals surface area contributed by atoms with Gasteiger partial charge < -0.3 is 9.64 Å². The van der Waals surface area contributed by atoms with Crippen LogP contribution in [-0.2, 0) is 14.3 Å². The molecule has 0 spiro atoms. The summed E-state index contributed by atoms with van der Waals surface area (Å²) in [5, 5.41) is 0.475. The molecule has 1 saturated heterocycles. The van der Waals surface area contributed by atoms with Crippen LogP contribution in [0.1, 0.15) is 6.42 Å². The Bertz CT molecular complexity index is 506. The van der Waals surface area contributed by atoms with Crippen LogP contribution in [0.2, 0.25) is 5.02 Å². The van der Waals surface area contributed by atoms with E-state index in [0.717, 1.165) is 4.47 Å². The summed E-state index contributed by atoms with van der Waals surface area (Å²) >= 11 is 9.40. The third-order valence-corrected chi connectivity index (χ3v) is 3.66. The SMILES string of the molecule is COC(=O)C1CC(=O)N(c2ccc(Br)cc2Cl)C1. The van der Waals surface area contributed by atoms with Gasteiger partial charge in [0.05, 0.1) is 23.7 Å². The number of hydrogen-bond acceptors (Lipinski definition) is 3. The standard InChI is InChI=1S/C12H11BrClNO3/c1-18-12(17)7-4-11(16)15(6-7)10-3-2-8(13)5-9(10)14/h2-3,5,7H,4,6H2,1H3. The maximum Gasteiger partial charge on any atom is 0.311 e. The molecule has 0 radical (unpaired) electrons. The Morgan fingerprint density at radius 1 is 1.56 bits per heavy atom. The summed E-state index contributed by atoms with van der Waals surface area (Å²) in [6, 6.07) is 5.28. The van der Waals surface area contributed by atoms with Crippen molar-refractivity contribution in [3.63, 3.8) is 0 Å². The maximum absolute atomic E-state index is 11.9. The molecule has 1 atom stereocenters. The van der Waals surface area contributed by atoms with Crippen molar-refractivity contribution < 1.29 is 14.3 Å². The third-order valence-electron chi connectivity index (χ3n) is 2.86. The summed E-state index contributed by atoms with van der Waals surface area (Å²) in [6.07, 6.45) is 0.166. The van der Waals surface area contributed by atoms with Gasteiger partial charge in [0.1, 0.15) is 0 Å². The number of hydrogen-bond donors (Lipinski definition) is 0. The van der Waals surface area contributed by atoms with Crippen molar-refractivity contribution >= 4 is 45.1 Å². The molecule has 6 heteroatoms.